The molecule has 0 aliphatic rings. The summed E-state index contributed by atoms with van der Waals surface area (Å²) in [5, 5.41) is 8.76. The summed E-state index contributed by atoms with van der Waals surface area (Å²) in [7, 11) is 5.99. The largest absolute Gasteiger partial charge is 0.356 e. The van der Waals surface area contributed by atoms with Crippen molar-refractivity contribution >= 4 is 17.3 Å². The SMILES string of the molecule is CN=C(NCCCN(C)C)NCCc1cccs1. The van der Waals surface area contributed by atoms with Gasteiger partial charge in [0.2, 0.25) is 0 Å². The summed E-state index contributed by atoms with van der Waals surface area (Å²) in [4.78, 5) is 7.80. The van der Waals surface area contributed by atoms with E-state index in [9.17, 15) is 0 Å². The highest BCUT2D eigenvalue weighted by Gasteiger charge is 1.98. The maximum Gasteiger partial charge on any atom is 0.190 e. The third-order valence-corrected chi connectivity index (χ3v) is 3.48. The molecular weight excluding hydrogens is 244 g/mol. The van der Waals surface area contributed by atoms with Crippen molar-refractivity contribution in [1.82, 2.24) is 15.5 Å². The lowest BCUT2D eigenvalue weighted by molar-refractivity contribution is 0.399. The molecule has 1 aromatic heterocycles. The molecule has 0 aromatic carbocycles. The van der Waals surface area contributed by atoms with Gasteiger partial charge < -0.3 is 15.5 Å². The molecule has 0 unspecified atom stereocenters. The van der Waals surface area contributed by atoms with Gasteiger partial charge in [0.1, 0.15) is 0 Å². The van der Waals surface area contributed by atoms with Crippen LogP contribution in [0, 0.1) is 0 Å². The van der Waals surface area contributed by atoms with Crippen LogP contribution in [0.25, 0.3) is 0 Å². The van der Waals surface area contributed by atoms with Crippen LogP contribution in [0.3, 0.4) is 0 Å². The third kappa shape index (κ3) is 6.61. The minimum absolute atomic E-state index is 0.894. The second kappa shape index (κ2) is 8.94. The highest BCUT2D eigenvalue weighted by Crippen LogP contribution is 2.07. The molecule has 1 aromatic rings. The number of guanidine groups is 1. The van der Waals surface area contributed by atoms with Crippen LogP contribution in [0.15, 0.2) is 22.5 Å². The summed E-state index contributed by atoms with van der Waals surface area (Å²) in [6.07, 6.45) is 2.18. The van der Waals surface area contributed by atoms with Crippen molar-refractivity contribution in [2.75, 3.05) is 40.8 Å². The summed E-state index contributed by atoms with van der Waals surface area (Å²) in [6.45, 7) is 2.98. The second-order valence-electron chi connectivity index (χ2n) is 4.41. The van der Waals surface area contributed by atoms with Gasteiger partial charge in [-0.2, -0.15) is 0 Å². The molecule has 4 nitrogen and oxygen atoms in total. The van der Waals surface area contributed by atoms with E-state index in [0.29, 0.717) is 0 Å². The zero-order valence-corrected chi connectivity index (χ0v) is 12.4. The molecule has 102 valence electrons. The quantitative estimate of drug-likeness (QED) is 0.446. The van der Waals surface area contributed by atoms with E-state index in [1.165, 1.54) is 4.88 Å². The average Bonchev–Trinajstić information content (AvgIpc) is 2.85. The van der Waals surface area contributed by atoms with Crippen molar-refractivity contribution < 1.29 is 0 Å². The fourth-order valence-electron chi connectivity index (χ4n) is 1.58. The molecule has 0 aliphatic carbocycles. The second-order valence-corrected chi connectivity index (χ2v) is 5.44. The molecule has 1 rings (SSSR count). The van der Waals surface area contributed by atoms with Gasteiger partial charge in [0.25, 0.3) is 0 Å². The predicted octanol–water partition coefficient (Wildman–Crippen LogP) is 1.41. The van der Waals surface area contributed by atoms with Crippen LogP contribution in [0.1, 0.15) is 11.3 Å². The normalized spacial score (nSPS) is 11.9. The van der Waals surface area contributed by atoms with Crippen LogP contribution in [0.5, 0.6) is 0 Å². The lowest BCUT2D eigenvalue weighted by Gasteiger charge is -2.13. The number of nitrogens with zero attached hydrogens (tertiary/aromatic N) is 2. The first-order chi connectivity index (χ1) is 8.72. The molecule has 0 aliphatic heterocycles. The van der Waals surface area contributed by atoms with Gasteiger partial charge >= 0.3 is 0 Å². The Bertz CT molecular complexity index is 333. The van der Waals surface area contributed by atoms with Gasteiger partial charge in [-0.05, 0) is 44.9 Å². The minimum atomic E-state index is 0.894. The average molecular weight is 268 g/mol. The van der Waals surface area contributed by atoms with Gasteiger partial charge in [0.15, 0.2) is 5.96 Å². The van der Waals surface area contributed by atoms with Gasteiger partial charge in [-0.15, -0.1) is 11.3 Å². The lowest BCUT2D eigenvalue weighted by Crippen LogP contribution is -2.39. The first kappa shape index (κ1) is 15.0. The number of aliphatic imine (C=N–C) groups is 1. The Hall–Kier alpha value is -1.07. The molecule has 0 amide bonds. The van der Waals surface area contributed by atoms with Crippen LogP contribution in [0.4, 0.5) is 0 Å². The fourth-order valence-corrected chi connectivity index (χ4v) is 2.29. The van der Waals surface area contributed by atoms with Crippen molar-refractivity contribution in [1.29, 1.82) is 0 Å². The molecule has 5 heteroatoms. The molecule has 1 heterocycles. The molecule has 0 bridgehead atoms. The summed E-state index contributed by atoms with van der Waals surface area (Å²) >= 11 is 1.80. The smallest absolute Gasteiger partial charge is 0.190 e. The van der Waals surface area contributed by atoms with Crippen LogP contribution >= 0.6 is 11.3 Å². The van der Waals surface area contributed by atoms with E-state index in [1.807, 2.05) is 7.05 Å². The highest BCUT2D eigenvalue weighted by molar-refractivity contribution is 7.09. The summed E-state index contributed by atoms with van der Waals surface area (Å²) in [5.41, 5.74) is 0. The number of nitrogens with one attached hydrogen (secondary N) is 2. The van der Waals surface area contributed by atoms with Crippen LogP contribution < -0.4 is 10.6 Å². The van der Waals surface area contributed by atoms with E-state index in [1.54, 1.807) is 11.3 Å². The molecule has 0 radical (unpaired) electrons. The van der Waals surface area contributed by atoms with Gasteiger partial charge in [-0.25, -0.2) is 0 Å². The Kier molecular flexibility index (Phi) is 7.44. The summed E-state index contributed by atoms with van der Waals surface area (Å²) in [5.74, 6) is 0.894. The van der Waals surface area contributed by atoms with Gasteiger partial charge in [-0.1, -0.05) is 6.07 Å². The Balaban J connectivity index is 2.10. The number of hydrogen-bond acceptors (Lipinski definition) is 3. The zero-order chi connectivity index (χ0) is 13.2. The van der Waals surface area contributed by atoms with Gasteiger partial charge in [-0.3, -0.25) is 4.99 Å². The number of thiophene rings is 1. The molecule has 2 N–H and O–H groups in total. The van der Waals surface area contributed by atoms with Crippen molar-refractivity contribution in [3.63, 3.8) is 0 Å². The van der Waals surface area contributed by atoms with Gasteiger partial charge in [0, 0.05) is 25.0 Å². The Morgan fingerprint density at radius 1 is 1.33 bits per heavy atom. The number of hydrogen-bond donors (Lipinski definition) is 2. The first-order valence-electron chi connectivity index (χ1n) is 6.34. The summed E-state index contributed by atoms with van der Waals surface area (Å²) < 4.78 is 0. The first-order valence-corrected chi connectivity index (χ1v) is 7.22. The van der Waals surface area contributed by atoms with Crippen molar-refractivity contribution in [3.8, 4) is 0 Å². The van der Waals surface area contributed by atoms with Crippen LogP contribution in [-0.2, 0) is 6.42 Å². The predicted molar refractivity (Wildman–Crippen MR) is 80.6 cm³/mol. The maximum atomic E-state index is 4.21. The highest BCUT2D eigenvalue weighted by atomic mass is 32.1. The minimum Gasteiger partial charge on any atom is -0.356 e. The van der Waals surface area contributed by atoms with E-state index in [4.69, 9.17) is 0 Å². The van der Waals surface area contributed by atoms with Crippen LogP contribution in [0.2, 0.25) is 0 Å². The van der Waals surface area contributed by atoms with E-state index in [-0.39, 0.29) is 0 Å². The molecule has 0 saturated carbocycles. The van der Waals surface area contributed by atoms with E-state index in [2.05, 4.69) is 52.1 Å². The fraction of sp³-hybridized carbons (Fsp3) is 0.615. The Morgan fingerprint density at radius 3 is 2.72 bits per heavy atom. The molecule has 0 atom stereocenters. The van der Waals surface area contributed by atoms with Gasteiger partial charge in [0.05, 0.1) is 0 Å². The van der Waals surface area contributed by atoms with E-state index < -0.39 is 0 Å². The molecule has 18 heavy (non-hydrogen) atoms. The number of rotatable bonds is 7. The molecule has 0 fully saturated rings. The maximum absolute atomic E-state index is 4.21. The zero-order valence-electron chi connectivity index (χ0n) is 11.6. The summed E-state index contributed by atoms with van der Waals surface area (Å²) in [6, 6.07) is 4.26. The van der Waals surface area contributed by atoms with Crippen LogP contribution in [-0.4, -0.2) is 51.6 Å². The Labute approximate surface area is 114 Å². The topological polar surface area (TPSA) is 39.7 Å². The van der Waals surface area contributed by atoms with E-state index >= 15 is 0 Å². The molecule has 0 spiro atoms. The standard InChI is InChI=1S/C13H24N4S/c1-14-13(15-8-5-10-17(2)3)16-9-7-12-6-4-11-18-12/h4,6,11H,5,7-10H2,1-3H3,(H2,14,15,16). The monoisotopic (exact) mass is 268 g/mol. The van der Waals surface area contributed by atoms with Crippen molar-refractivity contribution in [2.24, 2.45) is 4.99 Å². The molecular formula is C13H24N4S. The lowest BCUT2D eigenvalue weighted by atomic mass is 10.3. The van der Waals surface area contributed by atoms with Crippen molar-refractivity contribution in [2.45, 2.75) is 12.8 Å². The van der Waals surface area contributed by atoms with Crippen molar-refractivity contribution in [3.05, 3.63) is 22.4 Å². The van der Waals surface area contributed by atoms with E-state index in [0.717, 1.165) is 38.4 Å². The molecule has 0 saturated heterocycles. The Morgan fingerprint density at radius 2 is 2.11 bits per heavy atom. The third-order valence-electron chi connectivity index (χ3n) is 2.54.